The van der Waals surface area contributed by atoms with E-state index >= 15 is 0 Å². The summed E-state index contributed by atoms with van der Waals surface area (Å²) < 4.78 is 7.13. The van der Waals surface area contributed by atoms with Crippen LogP contribution in [0.15, 0.2) is 48.8 Å². The van der Waals surface area contributed by atoms with Gasteiger partial charge in [0.2, 0.25) is 0 Å². The zero-order chi connectivity index (χ0) is 17.0. The van der Waals surface area contributed by atoms with Gasteiger partial charge in [-0.25, -0.2) is 4.79 Å². The smallest absolute Gasteiger partial charge is 0.331 e. The van der Waals surface area contributed by atoms with E-state index in [4.69, 9.17) is 4.74 Å². The molecule has 2 heterocycles. The average Bonchev–Trinajstić information content (AvgIpc) is 3.25. The second-order valence-corrected chi connectivity index (χ2v) is 6.11. The third-order valence-electron chi connectivity index (χ3n) is 4.46. The molecule has 1 saturated heterocycles. The van der Waals surface area contributed by atoms with Crippen molar-refractivity contribution in [2.75, 3.05) is 13.2 Å². The fourth-order valence-electron chi connectivity index (χ4n) is 3.06. The quantitative estimate of drug-likeness (QED) is 0.789. The van der Waals surface area contributed by atoms with Gasteiger partial charge in [-0.15, -0.1) is 0 Å². The largest absolute Gasteiger partial charge is 0.462 e. The van der Waals surface area contributed by atoms with Gasteiger partial charge in [0, 0.05) is 24.5 Å². The topological polar surface area (TPSA) is 64.4 Å². The van der Waals surface area contributed by atoms with E-state index in [9.17, 15) is 9.59 Å². The Morgan fingerprint density at radius 1 is 1.25 bits per heavy atom. The van der Waals surface area contributed by atoms with Gasteiger partial charge in [0.05, 0.1) is 6.54 Å². The number of esters is 1. The standard InChI is InChI=1S/C18H21N3O3/c1-18(17(23)24-14-13-20-11-6-10-19-20)9-5-12-21(18)16(22)15-7-3-2-4-8-15/h2-4,6-8,10-11H,5,9,12-14H2,1H3/t18-/m0/s1. The number of hydrogen-bond acceptors (Lipinski definition) is 4. The highest BCUT2D eigenvalue weighted by Crippen LogP contribution is 2.31. The highest BCUT2D eigenvalue weighted by Gasteiger charge is 2.47. The molecule has 0 aliphatic carbocycles. The molecule has 0 radical (unpaired) electrons. The molecular weight excluding hydrogens is 306 g/mol. The van der Waals surface area contributed by atoms with Crippen LogP contribution in [0.3, 0.4) is 0 Å². The van der Waals surface area contributed by atoms with Crippen LogP contribution in [-0.2, 0) is 16.1 Å². The van der Waals surface area contributed by atoms with Gasteiger partial charge in [-0.1, -0.05) is 18.2 Å². The molecular formula is C18H21N3O3. The van der Waals surface area contributed by atoms with Crippen molar-refractivity contribution in [1.82, 2.24) is 14.7 Å². The van der Waals surface area contributed by atoms with Crippen LogP contribution in [0.1, 0.15) is 30.1 Å². The molecule has 6 nitrogen and oxygen atoms in total. The number of nitrogens with zero attached hydrogens (tertiary/aromatic N) is 3. The van der Waals surface area contributed by atoms with Crippen LogP contribution in [0.4, 0.5) is 0 Å². The maximum Gasteiger partial charge on any atom is 0.331 e. The van der Waals surface area contributed by atoms with Gasteiger partial charge in [-0.3, -0.25) is 9.48 Å². The molecule has 0 spiro atoms. The number of amides is 1. The maximum absolute atomic E-state index is 12.7. The van der Waals surface area contributed by atoms with Crippen molar-refractivity contribution in [3.05, 3.63) is 54.4 Å². The number of carbonyl (C=O) groups is 2. The van der Waals surface area contributed by atoms with E-state index in [1.165, 1.54) is 0 Å². The first-order valence-corrected chi connectivity index (χ1v) is 8.13. The Morgan fingerprint density at radius 2 is 2.04 bits per heavy atom. The Kier molecular flexibility index (Phi) is 4.64. The van der Waals surface area contributed by atoms with Gasteiger partial charge in [-0.2, -0.15) is 5.10 Å². The molecule has 1 amide bonds. The summed E-state index contributed by atoms with van der Waals surface area (Å²) in [7, 11) is 0. The number of hydrogen-bond donors (Lipinski definition) is 0. The summed E-state index contributed by atoms with van der Waals surface area (Å²) in [5, 5.41) is 4.07. The van der Waals surface area contributed by atoms with Crippen LogP contribution >= 0.6 is 0 Å². The zero-order valence-electron chi connectivity index (χ0n) is 13.7. The summed E-state index contributed by atoms with van der Waals surface area (Å²) in [6.07, 6.45) is 4.91. The Balaban J connectivity index is 1.65. The Bertz CT molecular complexity index is 700. The third-order valence-corrected chi connectivity index (χ3v) is 4.46. The molecule has 2 aromatic rings. The van der Waals surface area contributed by atoms with Gasteiger partial charge >= 0.3 is 5.97 Å². The van der Waals surface area contributed by atoms with E-state index < -0.39 is 5.54 Å². The van der Waals surface area contributed by atoms with Crippen molar-refractivity contribution >= 4 is 11.9 Å². The number of rotatable bonds is 5. The first-order valence-electron chi connectivity index (χ1n) is 8.13. The predicted molar refractivity (Wildman–Crippen MR) is 88.3 cm³/mol. The fourth-order valence-corrected chi connectivity index (χ4v) is 3.06. The lowest BCUT2D eigenvalue weighted by atomic mass is 9.98. The van der Waals surface area contributed by atoms with E-state index in [1.807, 2.05) is 30.5 Å². The lowest BCUT2D eigenvalue weighted by Crippen LogP contribution is -2.51. The van der Waals surface area contributed by atoms with E-state index in [-0.39, 0.29) is 18.5 Å². The fraction of sp³-hybridized carbons (Fsp3) is 0.389. The molecule has 0 N–H and O–H groups in total. The van der Waals surface area contributed by atoms with Crippen LogP contribution in [-0.4, -0.2) is 45.2 Å². The van der Waals surface area contributed by atoms with Gasteiger partial charge in [0.1, 0.15) is 12.1 Å². The maximum atomic E-state index is 12.7. The minimum atomic E-state index is -0.906. The molecule has 0 bridgehead atoms. The summed E-state index contributed by atoms with van der Waals surface area (Å²) in [6, 6.07) is 10.9. The van der Waals surface area contributed by atoms with Crippen molar-refractivity contribution in [2.45, 2.75) is 31.8 Å². The van der Waals surface area contributed by atoms with E-state index in [0.717, 1.165) is 6.42 Å². The number of carbonyl (C=O) groups excluding carboxylic acids is 2. The van der Waals surface area contributed by atoms with Crippen LogP contribution in [0, 0.1) is 0 Å². The monoisotopic (exact) mass is 327 g/mol. The van der Waals surface area contributed by atoms with Crippen LogP contribution in [0.2, 0.25) is 0 Å². The normalized spacial score (nSPS) is 20.1. The second-order valence-electron chi connectivity index (χ2n) is 6.11. The molecule has 0 unspecified atom stereocenters. The zero-order valence-corrected chi connectivity index (χ0v) is 13.7. The number of benzene rings is 1. The van der Waals surface area contributed by atoms with Gasteiger partial charge in [0.25, 0.3) is 5.91 Å². The lowest BCUT2D eigenvalue weighted by Gasteiger charge is -2.33. The van der Waals surface area contributed by atoms with Crippen LogP contribution < -0.4 is 0 Å². The minimum Gasteiger partial charge on any atom is -0.462 e. The molecule has 126 valence electrons. The number of aromatic nitrogens is 2. The van der Waals surface area contributed by atoms with E-state index in [0.29, 0.717) is 25.1 Å². The highest BCUT2D eigenvalue weighted by atomic mass is 16.5. The summed E-state index contributed by atoms with van der Waals surface area (Å²) in [4.78, 5) is 27.0. The molecule has 1 aliphatic rings. The summed E-state index contributed by atoms with van der Waals surface area (Å²) in [5.41, 5.74) is -0.313. The molecule has 1 aliphatic heterocycles. The summed E-state index contributed by atoms with van der Waals surface area (Å²) >= 11 is 0. The Hall–Kier alpha value is -2.63. The Labute approximate surface area is 141 Å². The molecule has 1 fully saturated rings. The third kappa shape index (κ3) is 3.18. The van der Waals surface area contributed by atoms with Crippen molar-refractivity contribution < 1.29 is 14.3 Å². The number of likely N-dealkylation sites (tertiary alicyclic amines) is 1. The molecule has 3 rings (SSSR count). The van der Waals surface area contributed by atoms with Crippen molar-refractivity contribution in [3.8, 4) is 0 Å². The van der Waals surface area contributed by atoms with E-state index in [1.54, 1.807) is 34.8 Å². The molecule has 0 saturated carbocycles. The van der Waals surface area contributed by atoms with Crippen molar-refractivity contribution in [2.24, 2.45) is 0 Å². The SMILES string of the molecule is C[C@@]1(C(=O)OCCn2cccn2)CCCN1C(=O)c1ccccc1. The molecule has 6 heteroatoms. The summed E-state index contributed by atoms with van der Waals surface area (Å²) in [6.45, 7) is 3.10. The van der Waals surface area contributed by atoms with E-state index in [2.05, 4.69) is 5.10 Å². The van der Waals surface area contributed by atoms with Gasteiger partial charge in [0.15, 0.2) is 0 Å². The number of ether oxygens (including phenoxy) is 1. The average molecular weight is 327 g/mol. The lowest BCUT2D eigenvalue weighted by molar-refractivity contribution is -0.154. The van der Waals surface area contributed by atoms with Crippen molar-refractivity contribution in [1.29, 1.82) is 0 Å². The van der Waals surface area contributed by atoms with Crippen LogP contribution in [0.25, 0.3) is 0 Å². The predicted octanol–water partition coefficient (Wildman–Crippen LogP) is 2.12. The van der Waals surface area contributed by atoms with Gasteiger partial charge < -0.3 is 9.64 Å². The highest BCUT2D eigenvalue weighted by molar-refractivity contribution is 5.98. The van der Waals surface area contributed by atoms with Gasteiger partial charge in [-0.05, 0) is 38.0 Å². The van der Waals surface area contributed by atoms with Crippen LogP contribution in [0.5, 0.6) is 0 Å². The minimum absolute atomic E-state index is 0.125. The molecule has 1 aromatic carbocycles. The molecule has 24 heavy (non-hydrogen) atoms. The molecule has 1 atom stereocenters. The molecule has 1 aromatic heterocycles. The first-order chi connectivity index (χ1) is 11.6. The Morgan fingerprint density at radius 3 is 2.75 bits per heavy atom. The summed E-state index contributed by atoms with van der Waals surface area (Å²) in [5.74, 6) is -0.476. The first kappa shape index (κ1) is 16.2. The second kappa shape index (κ2) is 6.86. The van der Waals surface area contributed by atoms with Crippen molar-refractivity contribution in [3.63, 3.8) is 0 Å².